The van der Waals surface area contributed by atoms with Gasteiger partial charge in [0, 0.05) is 23.9 Å². The summed E-state index contributed by atoms with van der Waals surface area (Å²) in [6.07, 6.45) is 1.96. The number of nitrogens with one attached hydrogen (secondary N) is 1. The molecular weight excluding hydrogens is 304 g/mol. The van der Waals surface area contributed by atoms with Gasteiger partial charge in [0.2, 0.25) is 5.56 Å². The molecule has 0 bridgehead atoms. The van der Waals surface area contributed by atoms with Crippen LogP contribution >= 0.6 is 0 Å². The van der Waals surface area contributed by atoms with Gasteiger partial charge in [-0.1, -0.05) is 31.5 Å². The predicted molar refractivity (Wildman–Crippen MR) is 93.1 cm³/mol. The Morgan fingerprint density at radius 2 is 2.12 bits per heavy atom. The largest absolute Gasteiger partial charge is 0.377 e. The normalized spacial score (nSPS) is 17.7. The van der Waals surface area contributed by atoms with Crippen LogP contribution in [-0.4, -0.2) is 41.6 Å². The summed E-state index contributed by atoms with van der Waals surface area (Å²) in [5.74, 6) is 0.0249. The topological polar surface area (TPSA) is 62.4 Å². The molecule has 1 unspecified atom stereocenters. The van der Waals surface area contributed by atoms with E-state index in [0.717, 1.165) is 18.4 Å². The molecule has 1 N–H and O–H groups in total. The summed E-state index contributed by atoms with van der Waals surface area (Å²) < 4.78 is 5.52. The molecule has 1 aromatic carbocycles. The second-order valence-electron chi connectivity index (χ2n) is 6.03. The van der Waals surface area contributed by atoms with Crippen molar-refractivity contribution >= 4 is 5.91 Å². The summed E-state index contributed by atoms with van der Waals surface area (Å²) in [4.78, 5) is 29.1. The van der Waals surface area contributed by atoms with E-state index in [9.17, 15) is 9.59 Å². The fraction of sp³-hybridized carbons (Fsp3) is 0.368. The van der Waals surface area contributed by atoms with Crippen LogP contribution in [0.15, 0.2) is 47.3 Å². The van der Waals surface area contributed by atoms with Crippen molar-refractivity contribution in [3.05, 3.63) is 58.4 Å². The number of H-pyrrole nitrogens is 1. The number of amides is 1. The third kappa shape index (κ3) is 3.57. The van der Waals surface area contributed by atoms with Crippen LogP contribution in [0.1, 0.15) is 30.1 Å². The quantitative estimate of drug-likeness (QED) is 0.939. The monoisotopic (exact) mass is 326 g/mol. The molecular formula is C19H22N2O3. The summed E-state index contributed by atoms with van der Waals surface area (Å²) in [6.45, 7) is 3.92. The van der Waals surface area contributed by atoms with Crippen LogP contribution in [0, 0.1) is 0 Å². The lowest BCUT2D eigenvalue weighted by atomic mass is 10.0. The zero-order valence-electron chi connectivity index (χ0n) is 13.8. The number of pyridine rings is 1. The Bertz CT molecular complexity index is 767. The van der Waals surface area contributed by atoms with Crippen LogP contribution in [0.5, 0.6) is 0 Å². The fourth-order valence-electron chi connectivity index (χ4n) is 3.10. The first-order chi connectivity index (χ1) is 11.7. The van der Waals surface area contributed by atoms with Crippen molar-refractivity contribution in [3.63, 3.8) is 0 Å². The fourth-order valence-corrected chi connectivity index (χ4v) is 3.10. The second-order valence-corrected chi connectivity index (χ2v) is 6.03. The maximum Gasteiger partial charge on any atom is 0.254 e. The first kappa shape index (κ1) is 16.5. The van der Waals surface area contributed by atoms with Gasteiger partial charge in [-0.15, -0.1) is 0 Å². The average Bonchev–Trinajstić information content (AvgIpc) is 2.62. The molecule has 0 spiro atoms. The van der Waals surface area contributed by atoms with Gasteiger partial charge in [-0.25, -0.2) is 0 Å². The van der Waals surface area contributed by atoms with Gasteiger partial charge < -0.3 is 14.6 Å². The summed E-state index contributed by atoms with van der Waals surface area (Å²) in [5, 5.41) is 0. The Morgan fingerprint density at radius 1 is 1.29 bits per heavy atom. The van der Waals surface area contributed by atoms with Gasteiger partial charge in [0.1, 0.15) is 0 Å². The average molecular weight is 326 g/mol. The standard InChI is InChI=1S/C19H22N2O3/c1-2-5-16-13-24-11-10-21(16)19(23)15-7-3-6-14(12-15)17-8-4-9-18(22)20-17/h3-4,6-9,12,16H,2,5,10-11,13H2,1H3,(H,20,22). The molecule has 1 aliphatic rings. The number of rotatable bonds is 4. The number of hydrogen-bond acceptors (Lipinski definition) is 3. The first-order valence-corrected chi connectivity index (χ1v) is 8.37. The molecule has 1 saturated heterocycles. The van der Waals surface area contributed by atoms with E-state index >= 15 is 0 Å². The Kier molecular flexibility index (Phi) is 5.11. The number of aromatic amines is 1. The van der Waals surface area contributed by atoms with Crippen LogP contribution in [-0.2, 0) is 4.74 Å². The first-order valence-electron chi connectivity index (χ1n) is 8.37. The lowest BCUT2D eigenvalue weighted by Gasteiger charge is -2.35. The highest BCUT2D eigenvalue weighted by atomic mass is 16.5. The number of hydrogen-bond donors (Lipinski definition) is 1. The number of ether oxygens (including phenoxy) is 1. The van der Waals surface area contributed by atoms with Gasteiger partial charge in [-0.2, -0.15) is 0 Å². The molecule has 1 aromatic heterocycles. The van der Waals surface area contributed by atoms with Gasteiger partial charge in [0.25, 0.3) is 5.91 Å². The van der Waals surface area contributed by atoms with E-state index in [1.54, 1.807) is 6.07 Å². The van der Waals surface area contributed by atoms with Gasteiger partial charge in [-0.3, -0.25) is 9.59 Å². The number of carbonyl (C=O) groups is 1. The Labute approximate surface area is 141 Å². The summed E-state index contributed by atoms with van der Waals surface area (Å²) in [5.41, 5.74) is 2.03. The van der Waals surface area contributed by atoms with E-state index in [0.29, 0.717) is 31.0 Å². The molecule has 3 rings (SSSR count). The van der Waals surface area contributed by atoms with Crippen molar-refractivity contribution in [2.24, 2.45) is 0 Å². The van der Waals surface area contributed by atoms with Crippen molar-refractivity contribution in [2.75, 3.05) is 19.8 Å². The zero-order valence-corrected chi connectivity index (χ0v) is 13.8. The highest BCUT2D eigenvalue weighted by Gasteiger charge is 2.27. The molecule has 5 heteroatoms. The highest BCUT2D eigenvalue weighted by molar-refractivity contribution is 5.95. The van der Waals surface area contributed by atoms with Gasteiger partial charge in [0.05, 0.1) is 19.3 Å². The lowest BCUT2D eigenvalue weighted by molar-refractivity contribution is -0.00433. The third-order valence-electron chi connectivity index (χ3n) is 4.30. The molecule has 126 valence electrons. The minimum atomic E-state index is -0.152. The molecule has 1 aliphatic heterocycles. The van der Waals surface area contributed by atoms with E-state index in [2.05, 4.69) is 11.9 Å². The number of benzene rings is 1. The molecule has 5 nitrogen and oxygen atoms in total. The van der Waals surface area contributed by atoms with Crippen LogP contribution in [0.3, 0.4) is 0 Å². The van der Waals surface area contributed by atoms with Gasteiger partial charge in [-0.05, 0) is 30.2 Å². The molecule has 0 radical (unpaired) electrons. The molecule has 0 saturated carbocycles. The molecule has 2 heterocycles. The van der Waals surface area contributed by atoms with E-state index in [4.69, 9.17) is 4.74 Å². The Balaban J connectivity index is 1.87. The van der Waals surface area contributed by atoms with Crippen molar-refractivity contribution < 1.29 is 9.53 Å². The Morgan fingerprint density at radius 3 is 2.92 bits per heavy atom. The maximum absolute atomic E-state index is 12.9. The molecule has 0 aliphatic carbocycles. The SMILES string of the molecule is CCCC1COCCN1C(=O)c1cccc(-c2cccc(=O)[nH]2)c1. The number of nitrogens with zero attached hydrogens (tertiary/aromatic N) is 1. The number of aromatic nitrogens is 1. The lowest BCUT2D eigenvalue weighted by Crippen LogP contribution is -2.48. The van der Waals surface area contributed by atoms with E-state index in [-0.39, 0.29) is 17.5 Å². The number of morpholine rings is 1. The summed E-state index contributed by atoms with van der Waals surface area (Å²) >= 11 is 0. The van der Waals surface area contributed by atoms with Gasteiger partial charge >= 0.3 is 0 Å². The highest BCUT2D eigenvalue weighted by Crippen LogP contribution is 2.21. The maximum atomic E-state index is 12.9. The van der Waals surface area contributed by atoms with Crippen molar-refractivity contribution in [1.29, 1.82) is 0 Å². The predicted octanol–water partition coefficient (Wildman–Crippen LogP) is 2.68. The molecule has 1 atom stereocenters. The van der Waals surface area contributed by atoms with Crippen LogP contribution in [0.2, 0.25) is 0 Å². The van der Waals surface area contributed by atoms with Crippen LogP contribution in [0.25, 0.3) is 11.3 Å². The second kappa shape index (κ2) is 7.45. The van der Waals surface area contributed by atoms with E-state index < -0.39 is 0 Å². The number of carbonyl (C=O) groups excluding carboxylic acids is 1. The molecule has 1 fully saturated rings. The zero-order chi connectivity index (χ0) is 16.9. The summed E-state index contributed by atoms with van der Waals surface area (Å²) in [7, 11) is 0. The van der Waals surface area contributed by atoms with E-state index in [1.165, 1.54) is 6.07 Å². The minimum absolute atomic E-state index is 0.0249. The van der Waals surface area contributed by atoms with Crippen molar-refractivity contribution in [1.82, 2.24) is 9.88 Å². The van der Waals surface area contributed by atoms with Crippen molar-refractivity contribution in [3.8, 4) is 11.3 Å². The van der Waals surface area contributed by atoms with Crippen LogP contribution < -0.4 is 5.56 Å². The third-order valence-corrected chi connectivity index (χ3v) is 4.30. The molecule has 1 amide bonds. The summed E-state index contributed by atoms with van der Waals surface area (Å²) in [6, 6.07) is 12.6. The van der Waals surface area contributed by atoms with Gasteiger partial charge in [0.15, 0.2) is 0 Å². The smallest absolute Gasteiger partial charge is 0.254 e. The van der Waals surface area contributed by atoms with Crippen LogP contribution in [0.4, 0.5) is 0 Å². The van der Waals surface area contributed by atoms with Crippen molar-refractivity contribution in [2.45, 2.75) is 25.8 Å². The minimum Gasteiger partial charge on any atom is -0.377 e. The molecule has 24 heavy (non-hydrogen) atoms. The molecule has 2 aromatic rings. The van der Waals surface area contributed by atoms with E-state index in [1.807, 2.05) is 35.2 Å². The Hall–Kier alpha value is -2.40.